The number of amides is 2. The van der Waals surface area contributed by atoms with E-state index in [0.717, 1.165) is 0 Å². The fourth-order valence-corrected chi connectivity index (χ4v) is 0.955. The quantitative estimate of drug-likeness (QED) is 0.620. The van der Waals surface area contributed by atoms with Crippen LogP contribution in [0.2, 0.25) is 0 Å². The van der Waals surface area contributed by atoms with Crippen LogP contribution < -0.4 is 5.32 Å². The molecule has 0 aliphatic carbocycles. The zero-order valence-corrected chi connectivity index (χ0v) is 7.15. The van der Waals surface area contributed by atoms with Gasteiger partial charge in [-0.1, -0.05) is 6.08 Å². The Kier molecular flexibility index (Phi) is 2.69. The van der Waals surface area contributed by atoms with Gasteiger partial charge in [-0.15, -0.1) is 0 Å². The number of rotatable bonds is 1. The topological polar surface area (TPSA) is 69.6 Å². The Morgan fingerprint density at radius 3 is 2.85 bits per heavy atom. The molecule has 0 atom stereocenters. The first-order valence-corrected chi connectivity index (χ1v) is 3.76. The lowest BCUT2D eigenvalue weighted by molar-refractivity contribution is -0.132. The van der Waals surface area contributed by atoms with Crippen LogP contribution in [0.15, 0.2) is 24.0 Å². The van der Waals surface area contributed by atoms with Crippen LogP contribution >= 0.6 is 0 Å². The van der Waals surface area contributed by atoms with Crippen molar-refractivity contribution in [3.8, 4) is 0 Å². The van der Waals surface area contributed by atoms with E-state index in [9.17, 15) is 9.59 Å². The van der Waals surface area contributed by atoms with Gasteiger partial charge >= 0.3 is 12.0 Å². The van der Waals surface area contributed by atoms with E-state index in [2.05, 4.69) is 5.32 Å². The number of nitrogens with zero attached hydrogens (tertiary/aromatic N) is 1. The molecule has 1 rings (SSSR count). The highest BCUT2D eigenvalue weighted by Crippen LogP contribution is 2.11. The smallest absolute Gasteiger partial charge is 0.333 e. The number of urea groups is 1. The molecule has 1 aliphatic rings. The average Bonchev–Trinajstić information content (AvgIpc) is 2.17. The van der Waals surface area contributed by atoms with Crippen molar-refractivity contribution < 1.29 is 14.7 Å². The molecule has 1 aliphatic heterocycles. The van der Waals surface area contributed by atoms with Gasteiger partial charge in [-0.05, 0) is 0 Å². The Morgan fingerprint density at radius 2 is 2.31 bits per heavy atom. The Labute approximate surface area is 75.3 Å². The molecule has 2 amide bonds. The maximum absolute atomic E-state index is 11.1. The molecule has 0 aromatic heterocycles. The normalized spacial score (nSPS) is 15.2. The zero-order valence-electron chi connectivity index (χ0n) is 7.15. The molecular formula is C8H10N2O3. The van der Waals surface area contributed by atoms with E-state index in [-0.39, 0.29) is 11.6 Å². The highest BCUT2D eigenvalue weighted by Gasteiger charge is 2.14. The molecule has 1 heterocycles. The lowest BCUT2D eigenvalue weighted by Crippen LogP contribution is -2.31. The molecule has 0 aromatic rings. The minimum Gasteiger partial charge on any atom is -0.478 e. The molecule has 2 N–H and O–H groups in total. The van der Waals surface area contributed by atoms with E-state index >= 15 is 0 Å². The molecule has 13 heavy (non-hydrogen) atoms. The van der Waals surface area contributed by atoms with Crippen LogP contribution in [0.3, 0.4) is 0 Å². The molecular weight excluding hydrogens is 172 g/mol. The largest absolute Gasteiger partial charge is 0.478 e. The Morgan fingerprint density at radius 1 is 1.62 bits per heavy atom. The van der Waals surface area contributed by atoms with Crippen molar-refractivity contribution in [2.45, 2.75) is 6.42 Å². The van der Waals surface area contributed by atoms with E-state index < -0.39 is 5.97 Å². The highest BCUT2D eigenvalue weighted by molar-refractivity contribution is 5.88. The summed E-state index contributed by atoms with van der Waals surface area (Å²) >= 11 is 0. The van der Waals surface area contributed by atoms with E-state index in [1.165, 1.54) is 24.3 Å². The maximum atomic E-state index is 11.1. The van der Waals surface area contributed by atoms with Crippen LogP contribution in [-0.2, 0) is 4.79 Å². The second-order valence-corrected chi connectivity index (χ2v) is 2.51. The molecule has 0 spiro atoms. The number of allylic oxidation sites excluding steroid dienone is 1. The number of hydrogen-bond donors (Lipinski definition) is 2. The van der Waals surface area contributed by atoms with Crippen LogP contribution in [-0.4, -0.2) is 29.1 Å². The molecule has 0 unspecified atom stereocenters. The van der Waals surface area contributed by atoms with Gasteiger partial charge in [0.2, 0.25) is 0 Å². The fourth-order valence-electron chi connectivity index (χ4n) is 0.955. The summed E-state index contributed by atoms with van der Waals surface area (Å²) in [5.74, 6) is -1.00. The lowest BCUT2D eigenvalue weighted by Gasteiger charge is -2.17. The molecule has 70 valence electrons. The highest BCUT2D eigenvalue weighted by atomic mass is 16.4. The minimum absolute atomic E-state index is 0.200. The minimum atomic E-state index is -1.00. The number of carbonyl (C=O) groups is 2. The van der Waals surface area contributed by atoms with Gasteiger partial charge in [0.05, 0.1) is 5.57 Å². The van der Waals surface area contributed by atoms with Crippen molar-refractivity contribution in [2.24, 2.45) is 0 Å². The summed E-state index contributed by atoms with van der Waals surface area (Å²) in [4.78, 5) is 22.8. The molecule has 0 saturated heterocycles. The number of carbonyl (C=O) groups excluding carboxylic acids is 1. The molecule has 0 fully saturated rings. The summed E-state index contributed by atoms with van der Waals surface area (Å²) in [5.41, 5.74) is 0.200. The Bertz CT molecular complexity index is 294. The van der Waals surface area contributed by atoms with Crippen molar-refractivity contribution in [3.05, 3.63) is 24.0 Å². The summed E-state index contributed by atoms with van der Waals surface area (Å²) in [6.07, 6.45) is 4.81. The van der Waals surface area contributed by atoms with Crippen LogP contribution in [0.5, 0.6) is 0 Å². The zero-order chi connectivity index (χ0) is 9.84. The third kappa shape index (κ3) is 2.08. The number of carboxylic acid groups (broad SMARTS) is 1. The number of carboxylic acids is 1. The summed E-state index contributed by atoms with van der Waals surface area (Å²) in [7, 11) is 1.49. The second kappa shape index (κ2) is 3.75. The van der Waals surface area contributed by atoms with Crippen LogP contribution in [0.4, 0.5) is 4.79 Å². The monoisotopic (exact) mass is 182 g/mol. The van der Waals surface area contributed by atoms with Gasteiger partial charge in [-0.2, -0.15) is 0 Å². The number of nitrogens with one attached hydrogen (secondary N) is 1. The van der Waals surface area contributed by atoms with Crippen LogP contribution in [0.25, 0.3) is 0 Å². The van der Waals surface area contributed by atoms with Crippen LogP contribution in [0.1, 0.15) is 6.42 Å². The lowest BCUT2D eigenvalue weighted by atomic mass is 10.1. The van der Waals surface area contributed by atoms with Crippen molar-refractivity contribution in [3.63, 3.8) is 0 Å². The number of hydrogen-bond acceptors (Lipinski definition) is 2. The molecule has 0 bridgehead atoms. The summed E-state index contributed by atoms with van der Waals surface area (Å²) in [5, 5.41) is 11.0. The van der Waals surface area contributed by atoms with Gasteiger partial charge < -0.3 is 10.4 Å². The van der Waals surface area contributed by atoms with Gasteiger partial charge in [0, 0.05) is 25.9 Å². The SMILES string of the molecule is CNC(=O)N1C=CCC(C(=O)O)=C1. The Hall–Kier alpha value is -1.78. The second-order valence-electron chi connectivity index (χ2n) is 2.51. The third-order valence-corrected chi connectivity index (χ3v) is 1.62. The van der Waals surface area contributed by atoms with E-state index in [4.69, 9.17) is 5.11 Å². The molecule has 5 heteroatoms. The predicted octanol–water partition coefficient (Wildman–Crippen LogP) is 0.514. The van der Waals surface area contributed by atoms with Crippen molar-refractivity contribution in [1.29, 1.82) is 0 Å². The molecule has 0 radical (unpaired) electrons. The van der Waals surface area contributed by atoms with Gasteiger partial charge in [-0.25, -0.2) is 9.59 Å². The Balaban J connectivity index is 2.78. The van der Waals surface area contributed by atoms with Crippen LogP contribution in [0, 0.1) is 0 Å². The van der Waals surface area contributed by atoms with Crippen molar-refractivity contribution in [2.75, 3.05) is 7.05 Å². The standard InChI is InChI=1S/C8H10N2O3/c1-9-8(13)10-4-2-3-6(5-10)7(11)12/h2,4-5H,3H2,1H3,(H,9,13)(H,11,12). The molecule has 0 saturated carbocycles. The maximum Gasteiger partial charge on any atom is 0.333 e. The molecule has 0 aromatic carbocycles. The van der Waals surface area contributed by atoms with E-state index in [1.807, 2.05) is 0 Å². The van der Waals surface area contributed by atoms with E-state index in [0.29, 0.717) is 6.42 Å². The van der Waals surface area contributed by atoms with Gasteiger partial charge in [-0.3, -0.25) is 4.90 Å². The van der Waals surface area contributed by atoms with Crippen molar-refractivity contribution >= 4 is 12.0 Å². The summed E-state index contributed by atoms with van der Waals surface area (Å²) in [6, 6.07) is -0.352. The third-order valence-electron chi connectivity index (χ3n) is 1.62. The fraction of sp³-hybridized carbons (Fsp3) is 0.250. The average molecular weight is 182 g/mol. The predicted molar refractivity (Wildman–Crippen MR) is 45.8 cm³/mol. The van der Waals surface area contributed by atoms with Gasteiger partial charge in [0.1, 0.15) is 0 Å². The van der Waals surface area contributed by atoms with E-state index in [1.54, 1.807) is 6.08 Å². The number of aliphatic carboxylic acids is 1. The first-order valence-electron chi connectivity index (χ1n) is 3.76. The first-order chi connectivity index (χ1) is 6.15. The van der Waals surface area contributed by atoms with Gasteiger partial charge in [0.15, 0.2) is 0 Å². The van der Waals surface area contributed by atoms with Gasteiger partial charge in [0.25, 0.3) is 0 Å². The van der Waals surface area contributed by atoms with Crippen molar-refractivity contribution in [1.82, 2.24) is 10.2 Å². The summed E-state index contributed by atoms with van der Waals surface area (Å²) in [6.45, 7) is 0. The summed E-state index contributed by atoms with van der Waals surface area (Å²) < 4.78 is 0. The first kappa shape index (κ1) is 9.31. The molecule has 5 nitrogen and oxygen atoms in total.